The van der Waals surface area contributed by atoms with E-state index in [1.807, 2.05) is 30.5 Å². The summed E-state index contributed by atoms with van der Waals surface area (Å²) in [5.74, 6) is -0.238. The Balaban J connectivity index is 1.52. The van der Waals surface area contributed by atoms with Gasteiger partial charge in [-0.15, -0.1) is 0 Å². The Bertz CT molecular complexity index is 1490. The number of benzene rings is 1. The number of hydrogen-bond donors (Lipinski definition) is 2. The summed E-state index contributed by atoms with van der Waals surface area (Å²) in [6, 6.07) is 7.97. The second kappa shape index (κ2) is 8.77. The highest BCUT2D eigenvalue weighted by molar-refractivity contribution is 6.00. The van der Waals surface area contributed by atoms with Gasteiger partial charge in [-0.2, -0.15) is 5.26 Å². The monoisotopic (exact) mass is 469 g/mol. The van der Waals surface area contributed by atoms with E-state index in [9.17, 15) is 14.4 Å². The Labute approximate surface area is 201 Å². The lowest BCUT2D eigenvalue weighted by molar-refractivity contribution is -0.00899. The average molecular weight is 470 g/mol. The van der Waals surface area contributed by atoms with E-state index in [1.165, 1.54) is 6.20 Å². The topological polar surface area (TPSA) is 94.0 Å². The van der Waals surface area contributed by atoms with Crippen LogP contribution >= 0.6 is 0 Å². The molecule has 2 N–H and O–H groups in total. The third kappa shape index (κ3) is 3.83. The average Bonchev–Trinajstić information content (AvgIpc) is 3.33. The fourth-order valence-electron chi connectivity index (χ4n) is 5.36. The molecule has 1 aromatic carbocycles. The normalized spacial score (nSPS) is 21.9. The van der Waals surface area contributed by atoms with Crippen LogP contribution in [0.5, 0.6) is 0 Å². The van der Waals surface area contributed by atoms with E-state index in [1.54, 1.807) is 18.3 Å². The Morgan fingerprint density at radius 2 is 2.17 bits per heavy atom. The molecule has 2 fully saturated rings. The summed E-state index contributed by atoms with van der Waals surface area (Å²) in [6.45, 7) is 3.08. The van der Waals surface area contributed by atoms with E-state index < -0.39 is 0 Å². The van der Waals surface area contributed by atoms with Crippen molar-refractivity contribution in [3.05, 3.63) is 76.1 Å². The molecule has 2 aliphatic heterocycles. The maximum atomic E-state index is 14.0. The lowest BCUT2D eigenvalue weighted by Gasteiger charge is -2.43. The molecule has 1 aliphatic carbocycles. The molecule has 0 saturated carbocycles. The van der Waals surface area contributed by atoms with Crippen molar-refractivity contribution >= 4 is 22.2 Å². The van der Waals surface area contributed by atoms with Crippen LogP contribution in [0.2, 0.25) is 0 Å². The summed E-state index contributed by atoms with van der Waals surface area (Å²) in [5, 5.41) is 13.7. The smallest absolute Gasteiger partial charge is 0.207 e. The molecular formula is C27H24FN5O2. The molecule has 3 aromatic rings. The molecule has 2 atom stereocenters. The van der Waals surface area contributed by atoms with Gasteiger partial charge in [0.15, 0.2) is 0 Å². The van der Waals surface area contributed by atoms with E-state index in [0.29, 0.717) is 36.7 Å². The molecule has 176 valence electrons. The fourth-order valence-corrected chi connectivity index (χ4v) is 5.36. The molecule has 4 heterocycles. The Morgan fingerprint density at radius 1 is 1.26 bits per heavy atom. The van der Waals surface area contributed by atoms with Gasteiger partial charge in [-0.05, 0) is 48.3 Å². The van der Waals surface area contributed by atoms with Crippen molar-refractivity contribution in [2.24, 2.45) is 0 Å². The number of fused-ring (bicyclic) bond motifs is 2. The maximum absolute atomic E-state index is 14.0. The van der Waals surface area contributed by atoms with Crippen LogP contribution in [0.4, 0.5) is 10.1 Å². The lowest BCUT2D eigenvalue weighted by Crippen LogP contribution is -2.57. The fraction of sp³-hybridized carbons (Fsp3) is 0.296. The van der Waals surface area contributed by atoms with E-state index in [0.717, 1.165) is 47.2 Å². The SMILES string of the molecule is N#Cc1c[nH]cc(-c2ccc3ncc(C4=CC(F)=CC4)c(N4CC[C@H]5NCCO[C@@H]5C4)c3c2)c1=O. The number of nitrogens with zero attached hydrogens (tertiary/aromatic N) is 3. The second-order valence-corrected chi connectivity index (χ2v) is 9.14. The van der Waals surface area contributed by atoms with Gasteiger partial charge in [0.1, 0.15) is 17.5 Å². The first-order valence-corrected chi connectivity index (χ1v) is 11.8. The Morgan fingerprint density at radius 3 is 3.00 bits per heavy atom. The first-order valence-electron chi connectivity index (χ1n) is 11.8. The third-order valence-corrected chi connectivity index (χ3v) is 7.11. The van der Waals surface area contributed by atoms with Gasteiger partial charge in [0.05, 0.1) is 23.9 Å². The minimum absolute atomic E-state index is 0.0661. The number of anilines is 1. The largest absolute Gasteiger partial charge is 0.373 e. The zero-order valence-corrected chi connectivity index (χ0v) is 19.1. The zero-order valence-electron chi connectivity index (χ0n) is 19.1. The van der Waals surface area contributed by atoms with E-state index in [2.05, 4.69) is 20.2 Å². The number of rotatable bonds is 3. The number of nitriles is 1. The van der Waals surface area contributed by atoms with Crippen molar-refractivity contribution in [2.45, 2.75) is 25.0 Å². The highest BCUT2D eigenvalue weighted by Crippen LogP contribution is 2.40. The summed E-state index contributed by atoms with van der Waals surface area (Å²) in [5.41, 5.74) is 4.41. The first-order chi connectivity index (χ1) is 17.1. The molecule has 0 spiro atoms. The number of nitrogens with one attached hydrogen (secondary N) is 2. The predicted molar refractivity (Wildman–Crippen MR) is 133 cm³/mol. The number of pyridine rings is 2. The van der Waals surface area contributed by atoms with Gasteiger partial charge >= 0.3 is 0 Å². The summed E-state index contributed by atoms with van der Waals surface area (Å²) in [6.07, 6.45) is 9.51. The van der Waals surface area contributed by atoms with Gasteiger partial charge < -0.3 is 19.9 Å². The molecule has 2 aromatic heterocycles. The zero-order chi connectivity index (χ0) is 23.9. The van der Waals surface area contributed by atoms with Crippen molar-refractivity contribution in [3.8, 4) is 17.2 Å². The third-order valence-electron chi connectivity index (χ3n) is 7.11. The van der Waals surface area contributed by atoms with Crippen LogP contribution in [-0.2, 0) is 4.74 Å². The van der Waals surface area contributed by atoms with Crippen molar-refractivity contribution in [1.29, 1.82) is 5.26 Å². The minimum atomic E-state index is -0.316. The number of ether oxygens (including phenoxy) is 1. The van der Waals surface area contributed by atoms with Gasteiger partial charge in [0.2, 0.25) is 5.43 Å². The number of H-pyrrole nitrogens is 1. The van der Waals surface area contributed by atoms with Crippen molar-refractivity contribution in [3.63, 3.8) is 0 Å². The van der Waals surface area contributed by atoms with E-state index >= 15 is 0 Å². The number of allylic oxidation sites excluding steroid dienone is 4. The molecule has 2 saturated heterocycles. The van der Waals surface area contributed by atoms with Crippen LogP contribution in [-0.4, -0.2) is 48.4 Å². The molecule has 0 unspecified atom stereocenters. The number of morpholine rings is 1. The minimum Gasteiger partial charge on any atom is -0.373 e. The molecule has 35 heavy (non-hydrogen) atoms. The van der Waals surface area contributed by atoms with Gasteiger partial charge in [0, 0.05) is 60.8 Å². The number of aromatic nitrogens is 2. The van der Waals surface area contributed by atoms with Crippen LogP contribution in [0.25, 0.3) is 27.6 Å². The van der Waals surface area contributed by atoms with Crippen molar-refractivity contribution in [2.75, 3.05) is 31.1 Å². The van der Waals surface area contributed by atoms with E-state index in [4.69, 9.17) is 4.74 Å². The van der Waals surface area contributed by atoms with Crippen LogP contribution in [0.15, 0.2) is 59.6 Å². The highest BCUT2D eigenvalue weighted by atomic mass is 19.1. The quantitative estimate of drug-likeness (QED) is 0.608. The van der Waals surface area contributed by atoms with Crippen LogP contribution in [0.3, 0.4) is 0 Å². The number of hydrogen-bond acceptors (Lipinski definition) is 6. The van der Waals surface area contributed by atoms with Gasteiger partial charge in [-0.3, -0.25) is 9.78 Å². The molecule has 0 amide bonds. The number of piperidine rings is 1. The second-order valence-electron chi connectivity index (χ2n) is 9.14. The number of halogens is 1. The maximum Gasteiger partial charge on any atom is 0.207 e. The van der Waals surface area contributed by atoms with Crippen LogP contribution in [0.1, 0.15) is 24.0 Å². The number of aromatic amines is 1. The highest BCUT2D eigenvalue weighted by Gasteiger charge is 2.34. The van der Waals surface area contributed by atoms with Crippen LogP contribution in [0, 0.1) is 11.3 Å². The molecule has 0 bridgehead atoms. The van der Waals surface area contributed by atoms with Crippen LogP contribution < -0.4 is 15.6 Å². The predicted octanol–water partition coefficient (Wildman–Crippen LogP) is 3.67. The Kier molecular flexibility index (Phi) is 5.44. The first kappa shape index (κ1) is 21.7. The summed E-state index contributed by atoms with van der Waals surface area (Å²) >= 11 is 0. The summed E-state index contributed by atoms with van der Waals surface area (Å²) < 4.78 is 20.1. The van der Waals surface area contributed by atoms with Gasteiger partial charge in [0.25, 0.3) is 0 Å². The molecule has 3 aliphatic rings. The molecule has 7 nitrogen and oxygen atoms in total. The van der Waals surface area contributed by atoms with Gasteiger partial charge in [-0.1, -0.05) is 6.07 Å². The molecular weight excluding hydrogens is 445 g/mol. The molecule has 6 rings (SSSR count). The molecule has 8 heteroatoms. The lowest BCUT2D eigenvalue weighted by atomic mass is 9.94. The standard InChI is InChI=1S/C27H24FN5O2/c28-19-3-1-16(9-19)21-14-32-23-4-2-17(22-13-30-12-18(11-29)27(22)34)10-20(23)26(21)33-7-5-24-25(15-33)35-8-6-31-24/h2-4,9-10,12-14,24-25,31H,1,5-8,15H2,(H,30,34)/t24-,25-/m1/s1. The summed E-state index contributed by atoms with van der Waals surface area (Å²) in [4.78, 5) is 22.7. The van der Waals surface area contributed by atoms with E-state index in [-0.39, 0.29) is 22.9 Å². The van der Waals surface area contributed by atoms with Gasteiger partial charge in [-0.25, -0.2) is 4.39 Å². The molecule has 0 radical (unpaired) electrons. The van der Waals surface area contributed by atoms with Crippen molar-refractivity contribution < 1.29 is 9.13 Å². The van der Waals surface area contributed by atoms with Crippen molar-refractivity contribution in [1.82, 2.24) is 15.3 Å². The summed E-state index contributed by atoms with van der Waals surface area (Å²) in [7, 11) is 0. The Hall–Kier alpha value is -3.80.